The number of nitrogens with zero attached hydrogens (tertiary/aromatic N) is 2. The molecule has 0 saturated carbocycles. The van der Waals surface area contributed by atoms with E-state index in [1.807, 2.05) is 72.1 Å². The number of H-pyrrole nitrogens is 1. The Bertz CT molecular complexity index is 2580. The number of amides is 1. The molecule has 0 unspecified atom stereocenters. The molecule has 6 aromatic rings. The molecule has 9 rings (SSSR count). The topological polar surface area (TPSA) is 181 Å². The Labute approximate surface area is 392 Å². The molecule has 17 heteroatoms. The van der Waals surface area contributed by atoms with Crippen LogP contribution in [0, 0.1) is 5.92 Å². The Balaban J connectivity index is 0.00000350. The van der Waals surface area contributed by atoms with Gasteiger partial charge in [0.15, 0.2) is 6.10 Å². The molecule has 2 bridgehead atoms. The van der Waals surface area contributed by atoms with E-state index in [-0.39, 0.29) is 91.5 Å². The quantitative estimate of drug-likeness (QED) is 0.0380. The first-order valence-electron chi connectivity index (χ1n) is 21.3. The Morgan fingerprint density at radius 1 is 0.954 bits per heavy atom. The number of quaternary nitrogens is 1. The Morgan fingerprint density at radius 2 is 1.77 bits per heavy atom. The van der Waals surface area contributed by atoms with Gasteiger partial charge in [0.2, 0.25) is 17.1 Å². The van der Waals surface area contributed by atoms with Gasteiger partial charge >= 0.3 is 12.1 Å². The lowest BCUT2D eigenvalue weighted by atomic mass is 9.83. The van der Waals surface area contributed by atoms with E-state index in [0.717, 1.165) is 36.4 Å². The average molecular weight is 948 g/mol. The number of ketones is 1. The zero-order chi connectivity index (χ0) is 43.8. The van der Waals surface area contributed by atoms with Crippen LogP contribution in [0.2, 0.25) is 0 Å². The number of anilines is 1. The van der Waals surface area contributed by atoms with Gasteiger partial charge in [-0.25, -0.2) is 9.59 Å². The number of phenolic OH excluding ortho intramolecular Hbond substituents is 1. The summed E-state index contributed by atoms with van der Waals surface area (Å²) in [6.07, 6.45) is 1.53. The lowest BCUT2D eigenvalue weighted by Crippen LogP contribution is -3.00. The summed E-state index contributed by atoms with van der Waals surface area (Å²) in [5, 5.41) is 26.5. The number of nitrogens with one attached hydrogen (secondary N) is 2. The molecule has 2 atom stereocenters. The predicted molar refractivity (Wildman–Crippen MR) is 244 cm³/mol. The number of Topliss-reactive ketones (excluding diaryl/α,β-unsaturated/α-hetero) is 1. The van der Waals surface area contributed by atoms with Crippen LogP contribution >= 0.6 is 23.7 Å². The van der Waals surface area contributed by atoms with E-state index in [0.29, 0.717) is 65.1 Å². The van der Waals surface area contributed by atoms with Crippen molar-refractivity contribution in [2.24, 2.45) is 5.92 Å². The van der Waals surface area contributed by atoms with E-state index in [9.17, 15) is 29.4 Å². The maximum atomic E-state index is 14.0. The van der Waals surface area contributed by atoms with Crippen LogP contribution in [-0.2, 0) is 22.6 Å². The molecule has 3 saturated heterocycles. The minimum absolute atomic E-state index is 0. The predicted octanol–water partition coefficient (Wildman–Crippen LogP) is 4.79. The number of phenols is 1. The maximum Gasteiger partial charge on any atom is 0.415 e. The smallest absolute Gasteiger partial charge is 0.415 e. The molecule has 3 fully saturated rings. The molecule has 344 valence electrons. The fourth-order valence-electron chi connectivity index (χ4n) is 8.58. The third-order valence-electron chi connectivity index (χ3n) is 11.9. The van der Waals surface area contributed by atoms with Gasteiger partial charge in [0.05, 0.1) is 42.7 Å². The summed E-state index contributed by atoms with van der Waals surface area (Å²) in [5.74, 6) is 0.819. The number of carbonyl (C=O) groups is 3. The second-order valence-corrected chi connectivity index (χ2v) is 17.2. The number of rotatable bonds is 19. The summed E-state index contributed by atoms with van der Waals surface area (Å²) >= 11 is 1.47. The number of furan rings is 1. The van der Waals surface area contributed by atoms with Gasteiger partial charge in [0, 0.05) is 42.4 Å². The fourth-order valence-corrected chi connectivity index (χ4v) is 9.24. The van der Waals surface area contributed by atoms with Gasteiger partial charge in [-0.2, -0.15) is 0 Å². The summed E-state index contributed by atoms with van der Waals surface area (Å²) in [6.45, 7) is 4.20. The molecule has 4 N–H and O–H groups in total. The van der Waals surface area contributed by atoms with Crippen molar-refractivity contribution in [3.05, 3.63) is 146 Å². The number of unbranched alkanes of at least 4 members (excludes halogenated alkanes) is 1. The number of thiophene rings is 1. The van der Waals surface area contributed by atoms with E-state index in [4.69, 9.17) is 18.6 Å². The van der Waals surface area contributed by atoms with Crippen molar-refractivity contribution in [2.75, 3.05) is 50.8 Å². The zero-order valence-corrected chi connectivity index (χ0v) is 38.0. The molecule has 3 aromatic heterocycles. The van der Waals surface area contributed by atoms with Crippen LogP contribution in [0.3, 0.4) is 0 Å². The van der Waals surface area contributed by atoms with Crippen molar-refractivity contribution < 1.29 is 60.1 Å². The number of halogens is 2. The number of piperidine rings is 3. The molecule has 0 aliphatic carbocycles. The van der Waals surface area contributed by atoms with Gasteiger partial charge in [-0.3, -0.25) is 14.5 Å². The van der Waals surface area contributed by atoms with Gasteiger partial charge in [-0.15, -0.1) is 23.7 Å². The standard InChI is InChI=1S/C48H50N4O10S.2ClH/c53-39-16-14-37(38-15-18-45(56)50-46(38)39)40(54)27-49-21-4-5-24-59-47(57)42-17-13-36(61-42)31-60-35-11-6-8-32(26-35)28-51(34-9-2-1-3-10-34)48(58)62-43-30-52(22-19-33(43)20-23-52)29-41(55)44-12-7-25-63-44;;/h1-3,6-18,25-26,33,40,43,49,54H,4-5,19-24,27-31H2,(H-,50,53,56);2*1H/t33?,40-,43-,52?;;/m0../s1. The number of hydrogen-bond acceptors (Lipinski definition) is 12. The summed E-state index contributed by atoms with van der Waals surface area (Å²) in [7, 11) is 0. The van der Waals surface area contributed by atoms with Crippen molar-refractivity contribution in [1.29, 1.82) is 0 Å². The average Bonchev–Trinajstić information content (AvgIpc) is 4.02. The third-order valence-corrected chi connectivity index (χ3v) is 12.8. The van der Waals surface area contributed by atoms with Gasteiger partial charge < -0.3 is 56.0 Å². The number of pyridine rings is 1. The highest BCUT2D eigenvalue weighted by molar-refractivity contribution is 7.12. The molecule has 3 aliphatic rings. The molecule has 6 heterocycles. The Hall–Kier alpha value is -5.68. The number of aromatic nitrogens is 1. The lowest BCUT2D eigenvalue weighted by Gasteiger charge is -2.51. The van der Waals surface area contributed by atoms with E-state index < -0.39 is 18.2 Å². The SMILES string of the molecule is Cl.O=C(OCCCCNC[C@H](O)c1ccc(O)c2[nH]c(=O)ccc12)c1ccc(COc2cccc(CN(C(=O)O[C@H]3C[N+]4(CC(=O)c5cccs5)CCC3CC4)c3ccccc3)c2)o1.[Cl-]. The first kappa shape index (κ1) is 48.8. The highest BCUT2D eigenvalue weighted by Gasteiger charge is 2.49. The van der Waals surface area contributed by atoms with E-state index in [1.54, 1.807) is 29.2 Å². The number of aliphatic hydroxyl groups is 1. The molecule has 0 spiro atoms. The fraction of sp³-hybridized carbons (Fsp3) is 0.333. The van der Waals surface area contributed by atoms with Crippen LogP contribution in [0.15, 0.2) is 118 Å². The largest absolute Gasteiger partial charge is 1.00 e. The highest BCUT2D eigenvalue weighted by Crippen LogP contribution is 2.37. The molecule has 65 heavy (non-hydrogen) atoms. The number of esters is 1. The second-order valence-electron chi connectivity index (χ2n) is 16.3. The first-order valence-corrected chi connectivity index (χ1v) is 22.2. The van der Waals surface area contributed by atoms with Gasteiger partial charge in [0.1, 0.15) is 37.0 Å². The number of hydrogen-bond donors (Lipinski definition) is 4. The van der Waals surface area contributed by atoms with Crippen LogP contribution in [-0.4, -0.2) is 89.5 Å². The van der Waals surface area contributed by atoms with Crippen LogP contribution in [0.4, 0.5) is 10.5 Å². The van der Waals surface area contributed by atoms with Gasteiger partial charge in [0.25, 0.3) is 0 Å². The third kappa shape index (κ3) is 12.2. The van der Waals surface area contributed by atoms with Crippen LogP contribution in [0.25, 0.3) is 10.9 Å². The van der Waals surface area contributed by atoms with Crippen molar-refractivity contribution in [3.63, 3.8) is 0 Å². The van der Waals surface area contributed by atoms with E-state index >= 15 is 0 Å². The Morgan fingerprint density at radius 3 is 2.55 bits per heavy atom. The maximum absolute atomic E-state index is 14.0. The van der Waals surface area contributed by atoms with Crippen molar-refractivity contribution >= 4 is 58.2 Å². The normalized spacial score (nSPS) is 17.9. The molecule has 3 aliphatic heterocycles. The highest BCUT2D eigenvalue weighted by atomic mass is 35.5. The molecule has 1 amide bonds. The number of carbonyl (C=O) groups excluding carboxylic acids is 3. The summed E-state index contributed by atoms with van der Waals surface area (Å²) in [4.78, 5) is 56.6. The first-order chi connectivity index (χ1) is 30.6. The monoisotopic (exact) mass is 946 g/mol. The summed E-state index contributed by atoms with van der Waals surface area (Å²) in [6, 6.07) is 29.9. The number of aromatic amines is 1. The van der Waals surface area contributed by atoms with Crippen LogP contribution < -0.4 is 32.9 Å². The number of benzene rings is 3. The molecular formula is C48H52Cl2N4O10S. The second kappa shape index (κ2) is 22.5. The van der Waals surface area contributed by atoms with Gasteiger partial charge in [-0.1, -0.05) is 42.5 Å². The van der Waals surface area contributed by atoms with E-state index in [2.05, 4.69) is 10.3 Å². The lowest BCUT2D eigenvalue weighted by molar-refractivity contribution is -0.938. The molecule has 14 nitrogen and oxygen atoms in total. The summed E-state index contributed by atoms with van der Waals surface area (Å²) in [5.41, 5.74) is 2.05. The Kier molecular flexibility index (Phi) is 16.9. The molecule has 3 aromatic carbocycles. The summed E-state index contributed by atoms with van der Waals surface area (Å²) < 4.78 is 24.2. The number of aliphatic hydroxyl groups excluding tert-OH is 1. The van der Waals surface area contributed by atoms with Crippen molar-refractivity contribution in [3.8, 4) is 11.5 Å². The van der Waals surface area contributed by atoms with Crippen molar-refractivity contribution in [1.82, 2.24) is 10.3 Å². The minimum atomic E-state index is -0.865. The zero-order valence-electron chi connectivity index (χ0n) is 35.6. The number of ether oxygens (including phenoxy) is 3. The van der Waals surface area contributed by atoms with Crippen molar-refractivity contribution in [2.45, 2.75) is 51.0 Å². The van der Waals surface area contributed by atoms with Crippen LogP contribution in [0.5, 0.6) is 11.5 Å². The van der Waals surface area contributed by atoms with Gasteiger partial charge in [-0.05, 0) is 90.5 Å². The molecule has 0 radical (unpaired) electrons. The minimum Gasteiger partial charge on any atom is -1.00 e. The number of aromatic hydroxyl groups is 1. The van der Waals surface area contributed by atoms with E-state index in [1.165, 1.54) is 23.5 Å². The number of para-hydroxylation sites is 1. The van der Waals surface area contributed by atoms with Crippen LogP contribution in [0.1, 0.15) is 68.9 Å². The number of fused-ring (bicyclic) bond motifs is 4. The molecular weight excluding hydrogens is 896 g/mol.